The Bertz CT molecular complexity index is 60.7. The van der Waals surface area contributed by atoms with Crippen LogP contribution in [-0.4, -0.2) is 23.2 Å². The van der Waals surface area contributed by atoms with E-state index in [9.17, 15) is 0 Å². The molecule has 0 aromatic rings. The molecule has 3 N–H and O–H groups in total. The van der Waals surface area contributed by atoms with E-state index in [1.807, 2.05) is 0 Å². The standard InChI is InChI=1S/C4H10NOP/c5-4-3(6)1-2-7-4/h3-4,6-7H,1-2,5H2. The van der Waals surface area contributed by atoms with Crippen molar-refractivity contribution in [2.75, 3.05) is 6.16 Å². The maximum Gasteiger partial charge on any atom is 0.0731 e. The van der Waals surface area contributed by atoms with Crippen molar-refractivity contribution in [3.8, 4) is 0 Å². The molecule has 0 radical (unpaired) electrons. The number of nitrogens with two attached hydrogens (primary N) is 1. The lowest BCUT2D eigenvalue weighted by atomic mass is 10.3. The monoisotopic (exact) mass is 119 g/mol. The van der Waals surface area contributed by atoms with Crippen LogP contribution in [0.4, 0.5) is 0 Å². The molecule has 1 fully saturated rings. The molecule has 0 aromatic carbocycles. The van der Waals surface area contributed by atoms with E-state index in [2.05, 4.69) is 0 Å². The molecule has 3 heteroatoms. The average molecular weight is 119 g/mol. The second-order valence-corrected chi connectivity index (χ2v) is 3.41. The summed E-state index contributed by atoms with van der Waals surface area (Å²) in [6.07, 6.45) is 1.85. The molecule has 0 amide bonds. The molecule has 42 valence electrons. The Labute approximate surface area is 44.9 Å². The van der Waals surface area contributed by atoms with Crippen molar-refractivity contribution in [2.24, 2.45) is 5.73 Å². The van der Waals surface area contributed by atoms with Crippen LogP contribution >= 0.6 is 8.58 Å². The molecule has 1 heterocycles. The first kappa shape index (κ1) is 5.49. The lowest BCUT2D eigenvalue weighted by Gasteiger charge is -2.04. The Morgan fingerprint density at radius 3 is 2.57 bits per heavy atom. The molecule has 1 saturated heterocycles. The van der Waals surface area contributed by atoms with Gasteiger partial charge in [0.05, 0.1) is 6.10 Å². The van der Waals surface area contributed by atoms with Gasteiger partial charge in [-0.25, -0.2) is 0 Å². The van der Waals surface area contributed by atoms with Crippen molar-refractivity contribution in [2.45, 2.75) is 18.3 Å². The smallest absolute Gasteiger partial charge is 0.0731 e. The lowest BCUT2D eigenvalue weighted by Crippen LogP contribution is -2.24. The topological polar surface area (TPSA) is 46.2 Å². The van der Waals surface area contributed by atoms with E-state index in [1.54, 1.807) is 0 Å². The summed E-state index contributed by atoms with van der Waals surface area (Å²) in [5, 5.41) is 8.88. The van der Waals surface area contributed by atoms with E-state index in [1.165, 1.54) is 0 Å². The van der Waals surface area contributed by atoms with Gasteiger partial charge < -0.3 is 10.8 Å². The number of hydrogen-bond acceptors (Lipinski definition) is 2. The third-order valence-electron chi connectivity index (χ3n) is 1.23. The normalized spacial score (nSPS) is 45.4. The van der Waals surface area contributed by atoms with Crippen molar-refractivity contribution >= 4 is 8.58 Å². The molecule has 0 aromatic heterocycles. The van der Waals surface area contributed by atoms with Crippen LogP contribution in [0.15, 0.2) is 0 Å². The summed E-state index contributed by atoms with van der Waals surface area (Å²) < 4.78 is 0. The lowest BCUT2D eigenvalue weighted by molar-refractivity contribution is 0.177. The van der Waals surface area contributed by atoms with Crippen molar-refractivity contribution in [3.63, 3.8) is 0 Å². The Balaban J connectivity index is 2.33. The van der Waals surface area contributed by atoms with Gasteiger partial charge in [0, 0.05) is 5.78 Å². The Kier molecular flexibility index (Phi) is 1.63. The molecule has 7 heavy (non-hydrogen) atoms. The van der Waals surface area contributed by atoms with Gasteiger partial charge in [0.2, 0.25) is 0 Å². The van der Waals surface area contributed by atoms with Crippen LogP contribution in [0.2, 0.25) is 0 Å². The molecule has 0 aliphatic carbocycles. The van der Waals surface area contributed by atoms with Gasteiger partial charge in [-0.15, -0.1) is 8.58 Å². The first-order valence-corrected chi connectivity index (χ1v) is 3.76. The molecule has 1 aliphatic rings. The van der Waals surface area contributed by atoms with Gasteiger partial charge in [-0.3, -0.25) is 0 Å². The molecule has 2 nitrogen and oxygen atoms in total. The highest BCUT2D eigenvalue weighted by molar-refractivity contribution is 7.39. The van der Waals surface area contributed by atoms with Gasteiger partial charge in [0.25, 0.3) is 0 Å². The first-order chi connectivity index (χ1) is 3.30. The molecular weight excluding hydrogens is 109 g/mol. The highest BCUT2D eigenvalue weighted by Gasteiger charge is 2.20. The first-order valence-electron chi connectivity index (χ1n) is 2.48. The minimum Gasteiger partial charge on any atom is -0.391 e. The summed E-state index contributed by atoms with van der Waals surface area (Å²) in [5.74, 6) is 0.0972. The maximum atomic E-state index is 8.88. The molecule has 1 aliphatic heterocycles. The summed E-state index contributed by atoms with van der Waals surface area (Å²) in [6, 6.07) is 0. The zero-order valence-corrected chi connectivity index (χ0v) is 5.09. The van der Waals surface area contributed by atoms with E-state index >= 15 is 0 Å². The second-order valence-electron chi connectivity index (χ2n) is 1.84. The third-order valence-corrected chi connectivity index (χ3v) is 2.67. The summed E-state index contributed by atoms with van der Waals surface area (Å²) in [7, 11) is 0.791. The van der Waals surface area contributed by atoms with Crippen LogP contribution in [0.3, 0.4) is 0 Å². The van der Waals surface area contributed by atoms with Gasteiger partial charge in [0.1, 0.15) is 0 Å². The minimum absolute atomic E-state index is 0.0972. The van der Waals surface area contributed by atoms with Crippen LogP contribution in [0.5, 0.6) is 0 Å². The van der Waals surface area contributed by atoms with Gasteiger partial charge in [-0.2, -0.15) is 0 Å². The zero-order chi connectivity index (χ0) is 5.28. The Hall–Kier alpha value is 0.350. The fraction of sp³-hybridized carbons (Fsp3) is 1.00. The fourth-order valence-corrected chi connectivity index (χ4v) is 1.95. The fourth-order valence-electron chi connectivity index (χ4n) is 0.713. The quantitative estimate of drug-likeness (QED) is 0.430. The van der Waals surface area contributed by atoms with Gasteiger partial charge in [-0.05, 0) is 12.6 Å². The van der Waals surface area contributed by atoms with Gasteiger partial charge in [-0.1, -0.05) is 0 Å². The summed E-state index contributed by atoms with van der Waals surface area (Å²) in [4.78, 5) is 0. The minimum atomic E-state index is -0.196. The molecule has 0 bridgehead atoms. The summed E-state index contributed by atoms with van der Waals surface area (Å²) in [6.45, 7) is 0. The van der Waals surface area contributed by atoms with E-state index < -0.39 is 0 Å². The van der Waals surface area contributed by atoms with Crippen molar-refractivity contribution in [1.29, 1.82) is 0 Å². The van der Waals surface area contributed by atoms with E-state index in [-0.39, 0.29) is 11.9 Å². The SMILES string of the molecule is NC1PCCC1O. The highest BCUT2D eigenvalue weighted by Crippen LogP contribution is 2.28. The number of aliphatic hydroxyl groups excluding tert-OH is 1. The van der Waals surface area contributed by atoms with Gasteiger partial charge in [0.15, 0.2) is 0 Å². The number of aliphatic hydroxyl groups is 1. The summed E-state index contributed by atoms with van der Waals surface area (Å²) in [5.41, 5.74) is 5.44. The van der Waals surface area contributed by atoms with Crippen LogP contribution in [0.25, 0.3) is 0 Å². The number of rotatable bonds is 0. The predicted octanol–water partition coefficient (Wildman–Crippen LogP) is -0.286. The molecule has 0 saturated carbocycles. The largest absolute Gasteiger partial charge is 0.391 e. The predicted molar refractivity (Wildman–Crippen MR) is 31.8 cm³/mol. The van der Waals surface area contributed by atoms with Crippen LogP contribution in [0, 0.1) is 0 Å². The molecule has 0 spiro atoms. The molecule has 1 rings (SSSR count). The molecule has 3 atom stereocenters. The maximum absolute atomic E-state index is 8.88. The number of hydrogen-bond donors (Lipinski definition) is 2. The highest BCUT2D eigenvalue weighted by atomic mass is 31.1. The van der Waals surface area contributed by atoms with Crippen molar-refractivity contribution in [3.05, 3.63) is 0 Å². The Morgan fingerprint density at radius 1 is 1.71 bits per heavy atom. The van der Waals surface area contributed by atoms with Crippen molar-refractivity contribution in [1.82, 2.24) is 0 Å². The Morgan fingerprint density at radius 2 is 2.43 bits per heavy atom. The molecular formula is C4H10NOP. The van der Waals surface area contributed by atoms with Crippen molar-refractivity contribution < 1.29 is 5.11 Å². The van der Waals surface area contributed by atoms with Crippen LogP contribution in [0.1, 0.15) is 6.42 Å². The third kappa shape index (κ3) is 1.12. The van der Waals surface area contributed by atoms with Crippen LogP contribution in [-0.2, 0) is 0 Å². The van der Waals surface area contributed by atoms with E-state index in [4.69, 9.17) is 10.8 Å². The second kappa shape index (κ2) is 2.08. The zero-order valence-electron chi connectivity index (χ0n) is 4.09. The molecule has 3 unspecified atom stereocenters. The van der Waals surface area contributed by atoms with Crippen LogP contribution < -0.4 is 5.73 Å². The van der Waals surface area contributed by atoms with E-state index in [0.29, 0.717) is 0 Å². The summed E-state index contributed by atoms with van der Waals surface area (Å²) >= 11 is 0. The van der Waals surface area contributed by atoms with Gasteiger partial charge >= 0.3 is 0 Å². The van der Waals surface area contributed by atoms with E-state index in [0.717, 1.165) is 21.2 Å². The average Bonchev–Trinajstić information content (AvgIpc) is 1.91.